The number of amides is 2. The summed E-state index contributed by atoms with van der Waals surface area (Å²) in [6, 6.07) is 18.9. The van der Waals surface area contributed by atoms with Gasteiger partial charge in [0.1, 0.15) is 0 Å². The van der Waals surface area contributed by atoms with E-state index >= 15 is 0 Å². The van der Waals surface area contributed by atoms with Crippen molar-refractivity contribution in [3.63, 3.8) is 0 Å². The summed E-state index contributed by atoms with van der Waals surface area (Å²) in [5.74, 6) is -0.110. The molecule has 2 aromatic carbocycles. The van der Waals surface area contributed by atoms with Gasteiger partial charge in [-0.25, -0.2) is 0 Å². The van der Waals surface area contributed by atoms with Crippen LogP contribution in [0.15, 0.2) is 71.3 Å². The molecular formula is C23H22N2O3. The fraction of sp³-hybridized carbons (Fsp3) is 0.217. The zero-order valence-electron chi connectivity index (χ0n) is 15.7. The van der Waals surface area contributed by atoms with Crippen molar-refractivity contribution >= 4 is 17.5 Å². The number of likely N-dealkylation sites (tertiary alicyclic amines) is 1. The van der Waals surface area contributed by atoms with E-state index in [2.05, 4.69) is 17.4 Å². The maximum atomic E-state index is 13.2. The second kappa shape index (κ2) is 7.72. The Morgan fingerprint density at radius 2 is 1.89 bits per heavy atom. The molecule has 4 rings (SSSR count). The molecule has 3 aromatic rings. The van der Waals surface area contributed by atoms with Crippen LogP contribution in [0.3, 0.4) is 0 Å². The number of rotatable bonds is 4. The first kappa shape index (κ1) is 18.0. The zero-order valence-corrected chi connectivity index (χ0v) is 15.7. The minimum Gasteiger partial charge on any atom is -0.459 e. The van der Waals surface area contributed by atoms with Crippen LogP contribution < -0.4 is 5.32 Å². The molecule has 1 atom stereocenters. The van der Waals surface area contributed by atoms with Crippen molar-refractivity contribution in [2.75, 3.05) is 11.9 Å². The fourth-order valence-electron chi connectivity index (χ4n) is 3.68. The van der Waals surface area contributed by atoms with Crippen LogP contribution in [0.1, 0.15) is 50.9 Å². The second-order valence-electron chi connectivity index (χ2n) is 7.03. The highest BCUT2D eigenvalue weighted by Gasteiger charge is 2.30. The van der Waals surface area contributed by atoms with Crippen molar-refractivity contribution in [1.29, 1.82) is 0 Å². The van der Waals surface area contributed by atoms with Crippen LogP contribution in [0.25, 0.3) is 0 Å². The van der Waals surface area contributed by atoms with Crippen molar-refractivity contribution in [3.8, 4) is 0 Å². The van der Waals surface area contributed by atoms with Gasteiger partial charge in [-0.3, -0.25) is 9.59 Å². The van der Waals surface area contributed by atoms with Gasteiger partial charge in [-0.05, 0) is 55.2 Å². The largest absolute Gasteiger partial charge is 0.459 e. The van der Waals surface area contributed by atoms with Crippen molar-refractivity contribution in [3.05, 3.63) is 89.4 Å². The summed E-state index contributed by atoms with van der Waals surface area (Å²) in [4.78, 5) is 27.4. The first-order valence-corrected chi connectivity index (χ1v) is 9.45. The number of hydrogen-bond donors (Lipinski definition) is 1. The first-order valence-electron chi connectivity index (χ1n) is 9.45. The highest BCUT2D eigenvalue weighted by atomic mass is 16.3. The number of carbonyl (C=O) groups is 2. The van der Waals surface area contributed by atoms with E-state index < -0.39 is 0 Å². The summed E-state index contributed by atoms with van der Waals surface area (Å²) in [5.41, 5.74) is 3.23. The molecule has 1 unspecified atom stereocenters. The highest BCUT2D eigenvalue weighted by molar-refractivity contribution is 6.04. The lowest BCUT2D eigenvalue weighted by molar-refractivity contribution is 0.0735. The van der Waals surface area contributed by atoms with Gasteiger partial charge in [-0.1, -0.05) is 36.4 Å². The third kappa shape index (κ3) is 3.56. The maximum Gasteiger partial charge on any atom is 0.291 e. The van der Waals surface area contributed by atoms with E-state index in [-0.39, 0.29) is 23.6 Å². The average molecular weight is 374 g/mol. The van der Waals surface area contributed by atoms with Crippen molar-refractivity contribution < 1.29 is 14.0 Å². The number of hydrogen-bond acceptors (Lipinski definition) is 3. The number of benzene rings is 2. The molecular weight excluding hydrogens is 352 g/mol. The molecule has 5 nitrogen and oxygen atoms in total. The Bertz CT molecular complexity index is 980. The fourth-order valence-corrected chi connectivity index (χ4v) is 3.68. The predicted molar refractivity (Wildman–Crippen MR) is 107 cm³/mol. The van der Waals surface area contributed by atoms with E-state index in [1.165, 1.54) is 6.26 Å². The van der Waals surface area contributed by atoms with Gasteiger partial charge in [0.15, 0.2) is 5.76 Å². The molecule has 1 aromatic heterocycles. The maximum absolute atomic E-state index is 13.2. The van der Waals surface area contributed by atoms with Gasteiger partial charge in [0, 0.05) is 17.8 Å². The molecule has 0 radical (unpaired) electrons. The third-order valence-corrected chi connectivity index (χ3v) is 5.18. The van der Waals surface area contributed by atoms with Gasteiger partial charge in [-0.2, -0.15) is 0 Å². The topological polar surface area (TPSA) is 62.6 Å². The Balaban J connectivity index is 1.57. The summed E-state index contributed by atoms with van der Waals surface area (Å²) in [6.07, 6.45) is 3.40. The van der Waals surface area contributed by atoms with Gasteiger partial charge in [0.05, 0.1) is 12.3 Å². The minimum absolute atomic E-state index is 0.0140. The predicted octanol–water partition coefficient (Wildman–Crippen LogP) is 4.82. The van der Waals surface area contributed by atoms with Gasteiger partial charge in [0.2, 0.25) is 0 Å². The smallest absolute Gasteiger partial charge is 0.291 e. The SMILES string of the molecule is Cc1ccc(C(=O)N2CCCC2c2ccccc2)cc1NC(=O)c1ccco1. The Morgan fingerprint density at radius 1 is 1.07 bits per heavy atom. The Kier molecular flexibility index (Phi) is 4.98. The van der Waals surface area contributed by atoms with E-state index in [0.29, 0.717) is 11.3 Å². The Labute approximate surface area is 164 Å². The van der Waals surface area contributed by atoms with Crippen molar-refractivity contribution in [2.45, 2.75) is 25.8 Å². The average Bonchev–Trinajstić information content (AvgIpc) is 3.42. The molecule has 28 heavy (non-hydrogen) atoms. The molecule has 0 spiro atoms. The van der Waals surface area contributed by atoms with Crippen molar-refractivity contribution in [1.82, 2.24) is 4.90 Å². The number of carbonyl (C=O) groups excluding carboxylic acids is 2. The second-order valence-corrected chi connectivity index (χ2v) is 7.03. The van der Waals surface area contributed by atoms with Gasteiger partial charge in [0.25, 0.3) is 11.8 Å². The van der Waals surface area contributed by atoms with E-state index in [1.807, 2.05) is 42.2 Å². The molecule has 2 heterocycles. The quantitative estimate of drug-likeness (QED) is 0.712. The summed E-state index contributed by atoms with van der Waals surface area (Å²) in [5, 5.41) is 2.84. The van der Waals surface area contributed by atoms with E-state index in [1.54, 1.807) is 18.2 Å². The van der Waals surface area contributed by atoms with Crippen LogP contribution in [0.4, 0.5) is 5.69 Å². The minimum atomic E-state index is -0.332. The number of nitrogens with zero attached hydrogens (tertiary/aromatic N) is 1. The van der Waals surface area contributed by atoms with Crippen LogP contribution in [0.5, 0.6) is 0 Å². The molecule has 2 amide bonds. The molecule has 1 aliphatic heterocycles. The molecule has 0 saturated carbocycles. The van der Waals surface area contributed by atoms with Crippen LogP contribution in [-0.2, 0) is 0 Å². The highest BCUT2D eigenvalue weighted by Crippen LogP contribution is 2.33. The number of furan rings is 1. The molecule has 142 valence electrons. The number of aryl methyl sites for hydroxylation is 1. The Morgan fingerprint density at radius 3 is 2.64 bits per heavy atom. The molecule has 1 N–H and O–H groups in total. The number of anilines is 1. The number of nitrogens with one attached hydrogen (secondary N) is 1. The molecule has 1 aliphatic rings. The normalized spacial score (nSPS) is 16.2. The Hall–Kier alpha value is -3.34. The zero-order chi connectivity index (χ0) is 19.5. The van der Waals surface area contributed by atoms with Crippen LogP contribution >= 0.6 is 0 Å². The lowest BCUT2D eigenvalue weighted by Gasteiger charge is -2.25. The molecule has 0 aliphatic carbocycles. The summed E-state index contributed by atoms with van der Waals surface area (Å²) >= 11 is 0. The molecule has 1 fully saturated rings. The first-order chi connectivity index (χ1) is 13.6. The van der Waals surface area contributed by atoms with E-state index in [9.17, 15) is 9.59 Å². The summed E-state index contributed by atoms with van der Waals surface area (Å²) in [6.45, 7) is 2.63. The standard InChI is InChI=1S/C23H22N2O3/c1-16-11-12-18(15-19(16)24-22(26)21-10-6-14-28-21)23(27)25-13-5-9-20(25)17-7-3-2-4-8-17/h2-4,6-8,10-12,14-15,20H,5,9,13H2,1H3,(H,24,26). The third-order valence-electron chi connectivity index (χ3n) is 5.18. The molecule has 1 saturated heterocycles. The monoisotopic (exact) mass is 374 g/mol. The van der Waals surface area contributed by atoms with Gasteiger partial charge >= 0.3 is 0 Å². The molecule has 0 bridgehead atoms. The van der Waals surface area contributed by atoms with Gasteiger partial charge in [-0.15, -0.1) is 0 Å². The van der Waals surface area contributed by atoms with Crippen LogP contribution in [0.2, 0.25) is 0 Å². The lowest BCUT2D eigenvalue weighted by atomic mass is 10.0. The summed E-state index contributed by atoms with van der Waals surface area (Å²) < 4.78 is 5.14. The van der Waals surface area contributed by atoms with E-state index in [0.717, 1.165) is 30.5 Å². The van der Waals surface area contributed by atoms with Crippen molar-refractivity contribution in [2.24, 2.45) is 0 Å². The van der Waals surface area contributed by atoms with Gasteiger partial charge < -0.3 is 14.6 Å². The lowest BCUT2D eigenvalue weighted by Crippen LogP contribution is -2.30. The molecule has 5 heteroatoms. The summed E-state index contributed by atoms with van der Waals surface area (Å²) in [7, 11) is 0. The van der Waals surface area contributed by atoms with Crippen LogP contribution in [0, 0.1) is 6.92 Å². The van der Waals surface area contributed by atoms with E-state index in [4.69, 9.17) is 4.42 Å². The van der Waals surface area contributed by atoms with Crippen LogP contribution in [-0.4, -0.2) is 23.3 Å².